The van der Waals surface area contributed by atoms with E-state index in [0.29, 0.717) is 21.6 Å². The molecule has 20 heavy (non-hydrogen) atoms. The molecular formula is C14H14N2O3S. The van der Waals surface area contributed by atoms with Crippen molar-refractivity contribution in [3.05, 3.63) is 51.2 Å². The molecule has 1 amide bonds. The van der Waals surface area contributed by atoms with Crippen LogP contribution in [0.15, 0.2) is 34.7 Å². The lowest BCUT2D eigenvalue weighted by atomic mass is 10.0. The second-order valence-electron chi connectivity index (χ2n) is 4.14. The number of aromatic hydroxyl groups is 1. The Bertz CT molecular complexity index is 636. The molecule has 6 heteroatoms. The van der Waals surface area contributed by atoms with Crippen LogP contribution in [-0.4, -0.2) is 22.3 Å². The minimum absolute atomic E-state index is 0.0469. The number of aliphatic hydroxyl groups is 1. The second-order valence-corrected chi connectivity index (χ2v) is 5.09. The summed E-state index contributed by atoms with van der Waals surface area (Å²) in [5.41, 5.74) is 4.00. The summed E-state index contributed by atoms with van der Waals surface area (Å²) in [7, 11) is 0. The number of hydrogen-bond donors (Lipinski definition) is 3. The molecule has 104 valence electrons. The highest BCUT2D eigenvalue weighted by atomic mass is 32.1. The molecule has 0 spiro atoms. The van der Waals surface area contributed by atoms with E-state index in [1.54, 1.807) is 36.6 Å². The van der Waals surface area contributed by atoms with Crippen LogP contribution in [0.2, 0.25) is 0 Å². The van der Waals surface area contributed by atoms with Crippen molar-refractivity contribution in [2.45, 2.75) is 13.5 Å². The van der Waals surface area contributed by atoms with E-state index in [0.717, 1.165) is 0 Å². The zero-order chi connectivity index (χ0) is 14.5. The smallest absolute Gasteiger partial charge is 0.281 e. The van der Waals surface area contributed by atoms with E-state index in [2.05, 4.69) is 10.5 Å². The molecule has 0 unspecified atom stereocenters. The van der Waals surface area contributed by atoms with Gasteiger partial charge < -0.3 is 10.2 Å². The quantitative estimate of drug-likeness (QED) is 0.595. The van der Waals surface area contributed by atoms with Crippen molar-refractivity contribution in [2.24, 2.45) is 5.10 Å². The molecule has 1 heterocycles. The first-order valence-corrected chi connectivity index (χ1v) is 6.80. The van der Waals surface area contributed by atoms with Crippen LogP contribution in [0.3, 0.4) is 0 Å². The molecular weight excluding hydrogens is 276 g/mol. The topological polar surface area (TPSA) is 81.9 Å². The molecule has 0 atom stereocenters. The van der Waals surface area contributed by atoms with E-state index in [4.69, 9.17) is 0 Å². The summed E-state index contributed by atoms with van der Waals surface area (Å²) in [4.78, 5) is 12.2. The molecule has 0 aliphatic rings. The number of carbonyl (C=O) groups excluding carboxylic acids is 1. The SMILES string of the molecule is Cc1ccc(CO)c(/C=N/NC(=O)c2cccs2)c1O. The predicted molar refractivity (Wildman–Crippen MR) is 78.1 cm³/mol. The van der Waals surface area contributed by atoms with Gasteiger partial charge in [-0.25, -0.2) is 5.43 Å². The van der Waals surface area contributed by atoms with E-state index in [1.165, 1.54) is 17.6 Å². The number of amides is 1. The zero-order valence-electron chi connectivity index (χ0n) is 10.8. The minimum atomic E-state index is -0.311. The van der Waals surface area contributed by atoms with Crippen LogP contribution in [0, 0.1) is 6.92 Å². The highest BCUT2D eigenvalue weighted by molar-refractivity contribution is 7.12. The molecule has 1 aromatic carbocycles. The molecule has 1 aromatic heterocycles. The maximum Gasteiger partial charge on any atom is 0.281 e. The van der Waals surface area contributed by atoms with Gasteiger partial charge in [-0.15, -0.1) is 11.3 Å². The maximum absolute atomic E-state index is 11.7. The van der Waals surface area contributed by atoms with Crippen molar-refractivity contribution in [2.75, 3.05) is 0 Å². The van der Waals surface area contributed by atoms with Gasteiger partial charge in [0.2, 0.25) is 0 Å². The molecule has 0 fully saturated rings. The molecule has 0 bridgehead atoms. The fourth-order valence-corrected chi connectivity index (χ4v) is 2.27. The van der Waals surface area contributed by atoms with E-state index in [9.17, 15) is 15.0 Å². The number of nitrogens with zero attached hydrogens (tertiary/aromatic N) is 1. The predicted octanol–water partition coefficient (Wildman–Crippen LogP) is 2.02. The van der Waals surface area contributed by atoms with Crippen LogP contribution in [0.4, 0.5) is 0 Å². The van der Waals surface area contributed by atoms with E-state index < -0.39 is 0 Å². The third kappa shape index (κ3) is 3.04. The Balaban J connectivity index is 2.15. The Kier molecular flexibility index (Phi) is 4.49. The zero-order valence-corrected chi connectivity index (χ0v) is 11.6. The number of rotatable bonds is 4. The van der Waals surface area contributed by atoms with Crippen molar-refractivity contribution in [1.82, 2.24) is 5.43 Å². The Labute approximate surface area is 120 Å². The molecule has 0 saturated heterocycles. The summed E-state index contributed by atoms with van der Waals surface area (Å²) in [5, 5.41) is 24.8. The van der Waals surface area contributed by atoms with Gasteiger partial charge in [0.1, 0.15) is 5.75 Å². The van der Waals surface area contributed by atoms with Crippen LogP contribution in [0.25, 0.3) is 0 Å². The summed E-state index contributed by atoms with van der Waals surface area (Å²) in [6.45, 7) is 1.53. The number of benzene rings is 1. The third-order valence-electron chi connectivity index (χ3n) is 2.78. The van der Waals surface area contributed by atoms with Crippen LogP contribution < -0.4 is 5.43 Å². The minimum Gasteiger partial charge on any atom is -0.507 e. The van der Waals surface area contributed by atoms with Gasteiger partial charge in [-0.2, -0.15) is 5.10 Å². The first-order chi connectivity index (χ1) is 9.63. The lowest BCUT2D eigenvalue weighted by molar-refractivity contribution is 0.0959. The van der Waals surface area contributed by atoms with E-state index in [1.807, 2.05) is 0 Å². The average Bonchev–Trinajstić information content (AvgIpc) is 2.97. The van der Waals surface area contributed by atoms with Gasteiger partial charge in [0.15, 0.2) is 0 Å². The van der Waals surface area contributed by atoms with Crippen molar-refractivity contribution in [3.63, 3.8) is 0 Å². The van der Waals surface area contributed by atoms with Crippen molar-refractivity contribution >= 4 is 23.5 Å². The number of carbonyl (C=O) groups is 1. The van der Waals surface area contributed by atoms with Crippen molar-refractivity contribution in [1.29, 1.82) is 0 Å². The molecule has 0 radical (unpaired) electrons. The van der Waals surface area contributed by atoms with Crippen LogP contribution in [0.5, 0.6) is 5.75 Å². The summed E-state index contributed by atoms with van der Waals surface area (Å²) < 4.78 is 0. The summed E-state index contributed by atoms with van der Waals surface area (Å²) >= 11 is 1.32. The van der Waals surface area contributed by atoms with Gasteiger partial charge >= 0.3 is 0 Å². The molecule has 2 aromatic rings. The van der Waals surface area contributed by atoms with Gasteiger partial charge in [-0.05, 0) is 29.5 Å². The van der Waals surface area contributed by atoms with Gasteiger partial charge in [0.25, 0.3) is 5.91 Å². The van der Waals surface area contributed by atoms with Crippen molar-refractivity contribution < 1.29 is 15.0 Å². The highest BCUT2D eigenvalue weighted by Gasteiger charge is 2.08. The lowest BCUT2D eigenvalue weighted by Crippen LogP contribution is -2.16. The second kappa shape index (κ2) is 6.31. The summed E-state index contributed by atoms with van der Waals surface area (Å²) in [5.74, 6) is -0.264. The highest BCUT2D eigenvalue weighted by Crippen LogP contribution is 2.23. The number of nitrogens with one attached hydrogen (secondary N) is 1. The lowest BCUT2D eigenvalue weighted by Gasteiger charge is -2.07. The fraction of sp³-hybridized carbons (Fsp3) is 0.143. The molecule has 3 N–H and O–H groups in total. The van der Waals surface area contributed by atoms with Crippen molar-refractivity contribution in [3.8, 4) is 5.75 Å². The normalized spacial score (nSPS) is 10.9. The van der Waals surface area contributed by atoms with Gasteiger partial charge in [-0.1, -0.05) is 18.2 Å². The standard InChI is InChI=1S/C14H14N2O3S/c1-9-4-5-10(8-17)11(13(9)18)7-15-16-14(19)12-3-2-6-20-12/h2-7,17-18H,8H2,1H3,(H,16,19)/b15-7+. The number of aliphatic hydroxyl groups excluding tert-OH is 1. The maximum atomic E-state index is 11.7. The number of phenols is 1. The van der Waals surface area contributed by atoms with Gasteiger partial charge in [0, 0.05) is 5.56 Å². The van der Waals surface area contributed by atoms with Crippen LogP contribution in [0.1, 0.15) is 26.4 Å². The monoisotopic (exact) mass is 290 g/mol. The number of phenolic OH excluding ortho intramolecular Hbond substituents is 1. The van der Waals surface area contributed by atoms with Crippen LogP contribution >= 0.6 is 11.3 Å². The fourth-order valence-electron chi connectivity index (χ4n) is 1.66. The largest absolute Gasteiger partial charge is 0.507 e. The number of thiophene rings is 1. The molecule has 0 aliphatic heterocycles. The van der Waals surface area contributed by atoms with E-state index in [-0.39, 0.29) is 18.3 Å². The number of aryl methyl sites for hydroxylation is 1. The molecule has 2 rings (SSSR count). The third-order valence-corrected chi connectivity index (χ3v) is 3.65. The molecule has 5 nitrogen and oxygen atoms in total. The summed E-state index contributed by atoms with van der Waals surface area (Å²) in [6, 6.07) is 6.89. The first-order valence-electron chi connectivity index (χ1n) is 5.92. The van der Waals surface area contributed by atoms with Gasteiger partial charge in [0.05, 0.1) is 17.7 Å². The Morgan fingerprint density at radius 3 is 2.90 bits per heavy atom. The Morgan fingerprint density at radius 1 is 1.45 bits per heavy atom. The Hall–Kier alpha value is -2.18. The molecule has 0 saturated carbocycles. The first kappa shape index (κ1) is 14.2. The van der Waals surface area contributed by atoms with E-state index >= 15 is 0 Å². The van der Waals surface area contributed by atoms with Crippen LogP contribution in [-0.2, 0) is 6.61 Å². The number of hydrogen-bond acceptors (Lipinski definition) is 5. The summed E-state index contributed by atoms with van der Waals surface area (Å²) in [6.07, 6.45) is 1.33. The average molecular weight is 290 g/mol. The van der Waals surface area contributed by atoms with Gasteiger partial charge in [-0.3, -0.25) is 4.79 Å². The molecule has 0 aliphatic carbocycles. The number of hydrazone groups is 1. The Morgan fingerprint density at radius 2 is 2.25 bits per heavy atom.